The van der Waals surface area contributed by atoms with Crippen LogP contribution in [0.4, 0.5) is 20.7 Å². The van der Waals surface area contributed by atoms with Crippen LogP contribution in [0.3, 0.4) is 0 Å². The molecule has 4 aromatic rings. The summed E-state index contributed by atoms with van der Waals surface area (Å²) in [5.41, 5.74) is 2.16. The van der Waals surface area contributed by atoms with E-state index in [9.17, 15) is 14.0 Å². The van der Waals surface area contributed by atoms with Gasteiger partial charge in [-0.3, -0.25) is 24.8 Å². The average Bonchev–Trinajstić information content (AvgIpc) is 3.21. The van der Waals surface area contributed by atoms with Crippen LogP contribution in [0.15, 0.2) is 61.3 Å². The Bertz CT molecular complexity index is 1360. The van der Waals surface area contributed by atoms with E-state index in [2.05, 4.69) is 30.7 Å². The Morgan fingerprint density at radius 2 is 1.86 bits per heavy atom. The summed E-state index contributed by atoms with van der Waals surface area (Å²) in [4.78, 5) is 36.9. The van der Waals surface area contributed by atoms with Gasteiger partial charge >= 0.3 is 6.09 Å². The van der Waals surface area contributed by atoms with Crippen molar-refractivity contribution >= 4 is 35.1 Å². The predicted octanol–water partition coefficient (Wildman–Crippen LogP) is 4.63. The van der Waals surface area contributed by atoms with E-state index in [0.717, 1.165) is 12.3 Å². The second kappa shape index (κ2) is 10.3. The average molecular weight is 496 g/mol. The van der Waals surface area contributed by atoms with E-state index in [1.54, 1.807) is 50.6 Å². The number of hydrogen-bond acceptors (Lipinski definition) is 7. The number of aryl methyl sites for hydroxylation is 1. The molecule has 4 heterocycles. The van der Waals surface area contributed by atoms with E-state index in [4.69, 9.17) is 16.3 Å². The van der Waals surface area contributed by atoms with Gasteiger partial charge in [0.2, 0.25) is 0 Å². The van der Waals surface area contributed by atoms with Crippen molar-refractivity contribution < 1.29 is 18.7 Å². The standard InChI is InChI=1S/C23H19ClFN7O3/c1-13(17-9-15(25)11-28-20(17)24)35-23(34)31-21-18(12-29-32(21)2)19-4-3-14(10-27-19)22(33)30-16-5-7-26-8-6-16/h3-13H,1-2H3,(H,31,34)(H,26,30,33)/t13-/m1/s1. The Labute approximate surface area is 204 Å². The highest BCUT2D eigenvalue weighted by Gasteiger charge is 2.20. The third-order valence-electron chi connectivity index (χ3n) is 4.95. The van der Waals surface area contributed by atoms with Crippen LogP contribution >= 0.6 is 11.6 Å². The molecule has 0 fully saturated rings. The van der Waals surface area contributed by atoms with Gasteiger partial charge < -0.3 is 10.1 Å². The molecule has 0 unspecified atom stereocenters. The summed E-state index contributed by atoms with van der Waals surface area (Å²) < 4.78 is 20.3. The number of hydrogen-bond donors (Lipinski definition) is 2. The van der Waals surface area contributed by atoms with Gasteiger partial charge in [-0.25, -0.2) is 14.2 Å². The first-order valence-corrected chi connectivity index (χ1v) is 10.7. The number of amides is 2. The molecule has 35 heavy (non-hydrogen) atoms. The van der Waals surface area contributed by atoms with E-state index in [-0.39, 0.29) is 16.6 Å². The summed E-state index contributed by atoms with van der Waals surface area (Å²) >= 11 is 5.98. The molecule has 178 valence electrons. The van der Waals surface area contributed by atoms with Crippen LogP contribution in [0.1, 0.15) is 28.9 Å². The maximum absolute atomic E-state index is 13.5. The summed E-state index contributed by atoms with van der Waals surface area (Å²) in [6, 6.07) is 7.74. The van der Waals surface area contributed by atoms with Crippen molar-refractivity contribution in [2.24, 2.45) is 7.05 Å². The molecule has 10 nitrogen and oxygen atoms in total. The topological polar surface area (TPSA) is 124 Å². The zero-order chi connectivity index (χ0) is 24.9. The van der Waals surface area contributed by atoms with E-state index in [1.807, 2.05) is 0 Å². The van der Waals surface area contributed by atoms with Crippen LogP contribution in [0.5, 0.6) is 0 Å². The summed E-state index contributed by atoms with van der Waals surface area (Å²) in [5.74, 6) is -0.617. The first-order valence-electron chi connectivity index (χ1n) is 10.3. The minimum atomic E-state index is -0.862. The van der Waals surface area contributed by atoms with Crippen molar-refractivity contribution in [2.75, 3.05) is 10.6 Å². The minimum Gasteiger partial charge on any atom is -0.441 e. The molecule has 12 heteroatoms. The lowest BCUT2D eigenvalue weighted by Gasteiger charge is -2.15. The van der Waals surface area contributed by atoms with Gasteiger partial charge in [0.05, 0.1) is 29.2 Å². The molecule has 0 aliphatic heterocycles. The fraction of sp³-hybridized carbons (Fsp3) is 0.130. The van der Waals surface area contributed by atoms with Crippen molar-refractivity contribution in [1.29, 1.82) is 0 Å². The number of nitrogens with one attached hydrogen (secondary N) is 2. The summed E-state index contributed by atoms with van der Waals surface area (Å²) in [6.45, 7) is 1.54. The van der Waals surface area contributed by atoms with Crippen LogP contribution in [-0.4, -0.2) is 36.7 Å². The van der Waals surface area contributed by atoms with Crippen molar-refractivity contribution in [3.63, 3.8) is 0 Å². The molecule has 0 aliphatic rings. The smallest absolute Gasteiger partial charge is 0.413 e. The highest BCUT2D eigenvalue weighted by molar-refractivity contribution is 6.30. The predicted molar refractivity (Wildman–Crippen MR) is 126 cm³/mol. The molecule has 2 amide bonds. The van der Waals surface area contributed by atoms with Crippen molar-refractivity contribution in [2.45, 2.75) is 13.0 Å². The third kappa shape index (κ3) is 5.58. The number of carbonyl (C=O) groups is 2. The molecule has 0 aromatic carbocycles. The fourth-order valence-corrected chi connectivity index (χ4v) is 3.43. The molecule has 0 aliphatic carbocycles. The molecule has 4 rings (SSSR count). The lowest BCUT2D eigenvalue weighted by molar-refractivity contribution is 0.102. The van der Waals surface area contributed by atoms with Crippen LogP contribution in [0, 0.1) is 5.82 Å². The van der Waals surface area contributed by atoms with Gasteiger partial charge in [-0.05, 0) is 37.3 Å². The van der Waals surface area contributed by atoms with Crippen LogP contribution < -0.4 is 10.6 Å². The van der Waals surface area contributed by atoms with Gasteiger partial charge in [0, 0.05) is 36.9 Å². The normalized spacial score (nSPS) is 11.5. The second-order valence-corrected chi connectivity index (χ2v) is 7.72. The molecule has 4 aromatic heterocycles. The molecule has 0 bridgehead atoms. The minimum absolute atomic E-state index is 0.0326. The molecule has 0 saturated carbocycles. The monoisotopic (exact) mass is 495 g/mol. The highest BCUT2D eigenvalue weighted by atomic mass is 35.5. The number of carbonyl (C=O) groups excluding carboxylic acids is 2. The van der Waals surface area contributed by atoms with E-state index < -0.39 is 18.0 Å². The van der Waals surface area contributed by atoms with E-state index in [1.165, 1.54) is 17.1 Å². The lowest BCUT2D eigenvalue weighted by Crippen LogP contribution is -2.19. The largest absolute Gasteiger partial charge is 0.441 e. The summed E-state index contributed by atoms with van der Waals surface area (Å²) in [7, 11) is 1.63. The maximum atomic E-state index is 13.5. The number of rotatable bonds is 6. The SMILES string of the molecule is C[C@@H](OC(=O)Nc1c(-c2ccc(C(=O)Nc3ccncc3)cn2)cnn1C)c1cc(F)cnc1Cl. The summed E-state index contributed by atoms with van der Waals surface area (Å²) in [6.07, 6.45) is 5.39. The molecule has 0 radical (unpaired) electrons. The third-order valence-corrected chi connectivity index (χ3v) is 5.27. The highest BCUT2D eigenvalue weighted by Crippen LogP contribution is 2.28. The Morgan fingerprint density at radius 3 is 2.57 bits per heavy atom. The van der Waals surface area contributed by atoms with Gasteiger partial charge in [-0.1, -0.05) is 11.6 Å². The van der Waals surface area contributed by atoms with E-state index in [0.29, 0.717) is 28.3 Å². The molecule has 2 N–H and O–H groups in total. The Kier molecular flexibility index (Phi) is 6.97. The van der Waals surface area contributed by atoms with Crippen LogP contribution in [0.25, 0.3) is 11.3 Å². The quantitative estimate of drug-likeness (QED) is 0.374. The summed E-state index contributed by atoms with van der Waals surface area (Å²) in [5, 5.41) is 9.57. The number of anilines is 2. The number of halogens is 2. The van der Waals surface area contributed by atoms with Crippen molar-refractivity contribution in [3.8, 4) is 11.3 Å². The fourth-order valence-electron chi connectivity index (χ4n) is 3.17. The van der Waals surface area contributed by atoms with Gasteiger partial charge in [0.25, 0.3) is 5.91 Å². The Morgan fingerprint density at radius 1 is 1.09 bits per heavy atom. The maximum Gasteiger partial charge on any atom is 0.413 e. The number of nitrogens with zero attached hydrogens (tertiary/aromatic N) is 5. The second-order valence-electron chi connectivity index (χ2n) is 7.36. The zero-order valence-corrected chi connectivity index (χ0v) is 19.3. The van der Waals surface area contributed by atoms with Crippen LogP contribution in [-0.2, 0) is 11.8 Å². The zero-order valence-electron chi connectivity index (χ0n) is 18.6. The first-order chi connectivity index (χ1) is 16.8. The van der Waals surface area contributed by atoms with Gasteiger partial charge in [0.1, 0.15) is 22.9 Å². The molecular formula is C23H19ClFN7O3. The molecule has 0 saturated heterocycles. The lowest BCUT2D eigenvalue weighted by atomic mass is 10.1. The van der Waals surface area contributed by atoms with E-state index >= 15 is 0 Å². The first kappa shape index (κ1) is 23.8. The number of ether oxygens (including phenoxy) is 1. The van der Waals surface area contributed by atoms with Crippen molar-refractivity contribution in [3.05, 3.63) is 83.4 Å². The molecule has 0 spiro atoms. The van der Waals surface area contributed by atoms with Gasteiger partial charge in [-0.15, -0.1) is 0 Å². The Balaban J connectivity index is 1.46. The molecule has 1 atom stereocenters. The van der Waals surface area contributed by atoms with Crippen LogP contribution in [0.2, 0.25) is 5.15 Å². The molecular weight excluding hydrogens is 477 g/mol. The number of aromatic nitrogens is 5. The van der Waals surface area contributed by atoms with Gasteiger partial charge in [-0.2, -0.15) is 5.10 Å². The van der Waals surface area contributed by atoms with Gasteiger partial charge in [0.15, 0.2) is 0 Å². The number of pyridine rings is 3. The van der Waals surface area contributed by atoms with Crippen molar-refractivity contribution in [1.82, 2.24) is 24.7 Å². The Hall–Kier alpha value is -4.38.